The highest BCUT2D eigenvalue weighted by Gasteiger charge is 2.06. The number of hydrogen-bond acceptors (Lipinski definition) is 4. The zero-order valence-corrected chi connectivity index (χ0v) is 11.0. The van der Waals surface area contributed by atoms with Crippen molar-refractivity contribution < 1.29 is 0 Å². The predicted molar refractivity (Wildman–Crippen MR) is 73.5 cm³/mol. The molecular weight excluding hydrogens is 268 g/mol. The molecule has 0 radical (unpaired) electrons. The number of aromatic amines is 1. The van der Waals surface area contributed by atoms with Gasteiger partial charge >= 0.3 is 0 Å². The SMILES string of the molecule is O=c1c2ccsc2[nH]c(=S)n1CCn1ccnc1. The van der Waals surface area contributed by atoms with Crippen LogP contribution in [0.4, 0.5) is 0 Å². The summed E-state index contributed by atoms with van der Waals surface area (Å²) in [6.07, 6.45) is 5.30. The minimum Gasteiger partial charge on any atom is -0.336 e. The number of thiophene rings is 1. The Labute approximate surface area is 111 Å². The highest BCUT2D eigenvalue weighted by Crippen LogP contribution is 2.13. The molecule has 0 amide bonds. The Bertz CT molecular complexity index is 781. The van der Waals surface area contributed by atoms with Crippen molar-refractivity contribution in [1.82, 2.24) is 19.1 Å². The first kappa shape index (κ1) is 11.4. The van der Waals surface area contributed by atoms with E-state index in [4.69, 9.17) is 12.2 Å². The number of aromatic nitrogens is 4. The lowest BCUT2D eigenvalue weighted by atomic mass is 10.4. The number of nitrogens with one attached hydrogen (secondary N) is 1. The first-order valence-corrected chi connectivity index (χ1v) is 6.70. The number of aryl methyl sites for hydroxylation is 1. The van der Waals surface area contributed by atoms with E-state index in [9.17, 15) is 4.79 Å². The summed E-state index contributed by atoms with van der Waals surface area (Å²) in [7, 11) is 0. The molecule has 5 nitrogen and oxygen atoms in total. The Balaban J connectivity index is 2.01. The number of imidazole rings is 1. The summed E-state index contributed by atoms with van der Waals surface area (Å²) in [5.41, 5.74) is -0.0323. The third-order valence-corrected chi connectivity index (χ3v) is 3.90. The van der Waals surface area contributed by atoms with Crippen LogP contribution in [-0.2, 0) is 13.1 Å². The molecule has 0 atom stereocenters. The first-order valence-electron chi connectivity index (χ1n) is 5.42. The Hall–Kier alpha value is -1.73. The van der Waals surface area contributed by atoms with E-state index in [1.807, 2.05) is 22.2 Å². The van der Waals surface area contributed by atoms with Crippen LogP contribution in [0.1, 0.15) is 0 Å². The van der Waals surface area contributed by atoms with E-state index < -0.39 is 0 Å². The standard InChI is InChI=1S/C11H10N4OS2/c16-10-8-1-6-18-9(8)13-11(17)15(10)5-4-14-3-2-12-7-14/h1-3,6-7H,4-5H2,(H,13,17). The van der Waals surface area contributed by atoms with Crippen LogP contribution in [0.15, 0.2) is 35.0 Å². The Morgan fingerprint density at radius 3 is 3.11 bits per heavy atom. The topological polar surface area (TPSA) is 55.6 Å². The fourth-order valence-electron chi connectivity index (χ4n) is 1.81. The molecule has 0 saturated heterocycles. The Morgan fingerprint density at radius 2 is 2.33 bits per heavy atom. The molecule has 3 rings (SSSR count). The van der Waals surface area contributed by atoms with Crippen LogP contribution in [0.5, 0.6) is 0 Å². The van der Waals surface area contributed by atoms with Crippen LogP contribution >= 0.6 is 23.6 Å². The van der Waals surface area contributed by atoms with Crippen LogP contribution in [0, 0.1) is 4.77 Å². The van der Waals surface area contributed by atoms with E-state index >= 15 is 0 Å². The Kier molecular flexibility index (Phi) is 2.85. The van der Waals surface area contributed by atoms with Gasteiger partial charge < -0.3 is 9.55 Å². The number of H-pyrrole nitrogens is 1. The molecule has 3 aromatic rings. The summed E-state index contributed by atoms with van der Waals surface area (Å²) < 4.78 is 3.97. The molecule has 0 saturated carbocycles. The van der Waals surface area contributed by atoms with Crippen molar-refractivity contribution in [2.24, 2.45) is 0 Å². The average molecular weight is 278 g/mol. The van der Waals surface area contributed by atoms with Crippen molar-refractivity contribution in [2.45, 2.75) is 13.1 Å². The summed E-state index contributed by atoms with van der Waals surface area (Å²) in [6.45, 7) is 1.21. The van der Waals surface area contributed by atoms with E-state index in [0.717, 1.165) is 4.83 Å². The molecule has 92 valence electrons. The van der Waals surface area contributed by atoms with Crippen molar-refractivity contribution in [3.05, 3.63) is 45.3 Å². The lowest BCUT2D eigenvalue weighted by Crippen LogP contribution is -2.23. The van der Waals surface area contributed by atoms with Gasteiger partial charge in [-0.25, -0.2) is 4.98 Å². The van der Waals surface area contributed by atoms with Crippen LogP contribution in [0.25, 0.3) is 10.2 Å². The molecule has 0 fully saturated rings. The van der Waals surface area contributed by atoms with Crippen molar-refractivity contribution in [3.8, 4) is 0 Å². The molecule has 0 spiro atoms. The second-order valence-corrected chi connectivity index (χ2v) is 5.15. The maximum atomic E-state index is 12.2. The van der Waals surface area contributed by atoms with Gasteiger partial charge in [0.15, 0.2) is 4.77 Å². The molecule has 0 unspecified atom stereocenters. The highest BCUT2D eigenvalue weighted by molar-refractivity contribution is 7.71. The monoisotopic (exact) mass is 278 g/mol. The molecule has 0 bridgehead atoms. The zero-order chi connectivity index (χ0) is 12.5. The average Bonchev–Trinajstić information content (AvgIpc) is 2.98. The normalized spacial score (nSPS) is 11.1. The number of nitrogens with zero attached hydrogens (tertiary/aromatic N) is 3. The fourth-order valence-corrected chi connectivity index (χ4v) is 2.93. The van der Waals surface area contributed by atoms with Crippen molar-refractivity contribution in [3.63, 3.8) is 0 Å². The summed E-state index contributed by atoms with van der Waals surface area (Å²) >= 11 is 6.71. The maximum absolute atomic E-state index is 12.2. The van der Waals surface area contributed by atoms with Crippen LogP contribution in [0.2, 0.25) is 0 Å². The molecule has 3 heterocycles. The number of rotatable bonds is 3. The quantitative estimate of drug-likeness (QED) is 0.746. The second kappa shape index (κ2) is 4.51. The summed E-state index contributed by atoms with van der Waals surface area (Å²) in [4.78, 5) is 20.1. The van der Waals surface area contributed by atoms with Gasteiger partial charge in [0.05, 0.1) is 11.7 Å². The highest BCUT2D eigenvalue weighted by atomic mass is 32.1. The Morgan fingerprint density at radius 1 is 1.44 bits per heavy atom. The first-order chi connectivity index (χ1) is 8.75. The lowest BCUT2D eigenvalue weighted by Gasteiger charge is -2.06. The smallest absolute Gasteiger partial charge is 0.263 e. The molecule has 7 heteroatoms. The third-order valence-electron chi connectivity index (χ3n) is 2.75. The molecule has 1 N–H and O–H groups in total. The maximum Gasteiger partial charge on any atom is 0.263 e. The minimum atomic E-state index is -0.0323. The van der Waals surface area contributed by atoms with E-state index in [2.05, 4.69) is 9.97 Å². The van der Waals surface area contributed by atoms with Crippen molar-refractivity contribution >= 4 is 33.8 Å². The molecule has 0 aliphatic carbocycles. The van der Waals surface area contributed by atoms with Gasteiger partial charge in [0.2, 0.25) is 0 Å². The minimum absolute atomic E-state index is 0.0323. The molecule has 0 aromatic carbocycles. The molecule has 3 aromatic heterocycles. The van der Waals surface area contributed by atoms with E-state index in [0.29, 0.717) is 23.2 Å². The lowest BCUT2D eigenvalue weighted by molar-refractivity contribution is 0.556. The van der Waals surface area contributed by atoms with Crippen molar-refractivity contribution in [2.75, 3.05) is 0 Å². The van der Waals surface area contributed by atoms with Crippen LogP contribution < -0.4 is 5.56 Å². The van der Waals surface area contributed by atoms with Gasteiger partial charge in [0.25, 0.3) is 5.56 Å². The fraction of sp³-hybridized carbons (Fsp3) is 0.182. The molecule has 0 aliphatic heterocycles. The summed E-state index contributed by atoms with van der Waals surface area (Å²) in [5.74, 6) is 0. The predicted octanol–water partition coefficient (Wildman–Crippen LogP) is 2.02. The second-order valence-electron chi connectivity index (χ2n) is 3.85. The third kappa shape index (κ3) is 1.91. The van der Waals surface area contributed by atoms with Gasteiger partial charge in [-0.3, -0.25) is 9.36 Å². The van der Waals surface area contributed by atoms with Gasteiger partial charge in [0, 0.05) is 25.5 Å². The van der Waals surface area contributed by atoms with Crippen molar-refractivity contribution in [1.29, 1.82) is 0 Å². The van der Waals surface area contributed by atoms with Gasteiger partial charge in [-0.2, -0.15) is 0 Å². The summed E-state index contributed by atoms with van der Waals surface area (Å²) in [6, 6.07) is 1.82. The largest absolute Gasteiger partial charge is 0.336 e. The van der Waals surface area contributed by atoms with Gasteiger partial charge in [-0.15, -0.1) is 11.3 Å². The van der Waals surface area contributed by atoms with Crippen LogP contribution in [0.3, 0.4) is 0 Å². The molecular formula is C11H10N4OS2. The van der Waals surface area contributed by atoms with E-state index in [-0.39, 0.29) is 5.56 Å². The summed E-state index contributed by atoms with van der Waals surface area (Å²) in [5, 5.41) is 2.58. The van der Waals surface area contributed by atoms with Crippen LogP contribution in [-0.4, -0.2) is 19.1 Å². The van der Waals surface area contributed by atoms with Gasteiger partial charge in [0.1, 0.15) is 4.83 Å². The van der Waals surface area contributed by atoms with Gasteiger partial charge in [-0.1, -0.05) is 0 Å². The van der Waals surface area contributed by atoms with Gasteiger partial charge in [-0.05, 0) is 23.7 Å². The number of hydrogen-bond donors (Lipinski definition) is 1. The number of fused-ring (bicyclic) bond motifs is 1. The van der Waals surface area contributed by atoms with E-state index in [1.54, 1.807) is 17.1 Å². The molecule has 18 heavy (non-hydrogen) atoms. The zero-order valence-electron chi connectivity index (χ0n) is 9.37. The van der Waals surface area contributed by atoms with E-state index in [1.165, 1.54) is 11.3 Å². The molecule has 0 aliphatic rings.